The Hall–Kier alpha value is -2.49. The number of anilines is 1. The summed E-state index contributed by atoms with van der Waals surface area (Å²) in [4.78, 5) is 11.9. The Morgan fingerprint density at radius 1 is 0.909 bits per heavy atom. The molecule has 1 amide bonds. The molecule has 0 spiro atoms. The fourth-order valence-corrected chi connectivity index (χ4v) is 2.14. The minimum Gasteiger partial charge on any atom is -0.497 e. The third-order valence-electron chi connectivity index (χ3n) is 3.40. The first-order valence-corrected chi connectivity index (χ1v) is 7.28. The van der Waals surface area contributed by atoms with Gasteiger partial charge in [-0.3, -0.25) is 4.79 Å². The first-order chi connectivity index (χ1) is 10.7. The molecule has 2 rings (SSSR count). The molecule has 0 bridgehead atoms. The van der Waals surface area contributed by atoms with E-state index in [0.29, 0.717) is 6.42 Å². The minimum absolute atomic E-state index is 0.0266. The van der Waals surface area contributed by atoms with Crippen molar-refractivity contribution in [2.24, 2.45) is 0 Å². The Morgan fingerprint density at radius 3 is 2.00 bits per heavy atom. The normalized spacial score (nSPS) is 10.1. The van der Waals surface area contributed by atoms with Crippen molar-refractivity contribution >= 4 is 11.6 Å². The first-order valence-electron chi connectivity index (χ1n) is 7.28. The number of carbonyl (C=O) groups excluding carboxylic acids is 1. The average molecular weight is 299 g/mol. The number of aryl methyl sites for hydroxylation is 1. The van der Waals surface area contributed by atoms with Gasteiger partial charge in [0.05, 0.1) is 14.2 Å². The van der Waals surface area contributed by atoms with Crippen LogP contribution in [0.3, 0.4) is 0 Å². The third kappa shape index (κ3) is 4.81. The number of benzene rings is 2. The number of hydrogen-bond donors (Lipinski definition) is 1. The molecule has 2 aromatic carbocycles. The van der Waals surface area contributed by atoms with Crippen LogP contribution in [-0.4, -0.2) is 20.1 Å². The lowest BCUT2D eigenvalue weighted by molar-refractivity contribution is -0.116. The molecule has 0 saturated carbocycles. The zero-order valence-electron chi connectivity index (χ0n) is 13.0. The maximum absolute atomic E-state index is 11.9. The van der Waals surface area contributed by atoms with Gasteiger partial charge in [0.2, 0.25) is 5.91 Å². The van der Waals surface area contributed by atoms with Gasteiger partial charge in [-0.15, -0.1) is 0 Å². The summed E-state index contributed by atoms with van der Waals surface area (Å²) in [7, 11) is 3.27. The predicted molar refractivity (Wildman–Crippen MR) is 87.6 cm³/mol. The van der Waals surface area contributed by atoms with Crippen LogP contribution in [0.15, 0.2) is 48.5 Å². The van der Waals surface area contributed by atoms with Crippen LogP contribution < -0.4 is 14.8 Å². The van der Waals surface area contributed by atoms with Crippen LogP contribution in [0.5, 0.6) is 11.5 Å². The van der Waals surface area contributed by atoms with Gasteiger partial charge in [-0.25, -0.2) is 0 Å². The number of rotatable bonds is 7. The topological polar surface area (TPSA) is 47.6 Å². The van der Waals surface area contributed by atoms with Gasteiger partial charge in [-0.2, -0.15) is 0 Å². The van der Waals surface area contributed by atoms with Gasteiger partial charge in [0, 0.05) is 12.1 Å². The summed E-state index contributed by atoms with van der Waals surface area (Å²) in [6, 6.07) is 15.3. The summed E-state index contributed by atoms with van der Waals surface area (Å²) in [5.41, 5.74) is 1.99. The van der Waals surface area contributed by atoms with Crippen LogP contribution in [0.1, 0.15) is 18.4 Å². The Kier molecular flexibility index (Phi) is 5.83. The largest absolute Gasteiger partial charge is 0.497 e. The number of hydrogen-bond acceptors (Lipinski definition) is 3. The highest BCUT2D eigenvalue weighted by Gasteiger charge is 2.03. The zero-order valence-corrected chi connectivity index (χ0v) is 13.0. The van der Waals surface area contributed by atoms with Crippen LogP contribution in [0.4, 0.5) is 5.69 Å². The molecule has 0 aliphatic rings. The summed E-state index contributed by atoms with van der Waals surface area (Å²) in [5.74, 6) is 1.65. The molecule has 1 N–H and O–H groups in total. The Labute approximate surface area is 131 Å². The van der Waals surface area contributed by atoms with Crippen molar-refractivity contribution in [2.45, 2.75) is 19.3 Å². The molecular formula is C18H21NO3. The van der Waals surface area contributed by atoms with Crippen molar-refractivity contribution in [3.63, 3.8) is 0 Å². The molecule has 22 heavy (non-hydrogen) atoms. The monoisotopic (exact) mass is 299 g/mol. The molecule has 0 radical (unpaired) electrons. The van der Waals surface area contributed by atoms with Crippen molar-refractivity contribution in [3.8, 4) is 11.5 Å². The molecule has 0 aliphatic carbocycles. The standard InChI is InChI=1S/C18H21NO3/c1-21-16-10-6-14(7-11-16)4-3-5-18(20)19-15-8-12-17(22-2)13-9-15/h6-13H,3-5H2,1-2H3,(H,19,20). The zero-order chi connectivity index (χ0) is 15.8. The quantitative estimate of drug-likeness (QED) is 0.848. The molecule has 0 unspecified atom stereocenters. The van der Waals surface area contributed by atoms with Gasteiger partial charge in [0.1, 0.15) is 11.5 Å². The fourth-order valence-electron chi connectivity index (χ4n) is 2.14. The molecular weight excluding hydrogens is 278 g/mol. The summed E-state index contributed by atoms with van der Waals surface area (Å²) < 4.78 is 10.2. The van der Waals surface area contributed by atoms with Crippen molar-refractivity contribution in [3.05, 3.63) is 54.1 Å². The van der Waals surface area contributed by atoms with Crippen LogP contribution in [0, 0.1) is 0 Å². The van der Waals surface area contributed by atoms with Gasteiger partial charge in [-0.1, -0.05) is 12.1 Å². The molecule has 116 valence electrons. The SMILES string of the molecule is COc1ccc(CCCC(=O)Nc2ccc(OC)cc2)cc1. The van der Waals surface area contributed by atoms with Crippen LogP contribution in [-0.2, 0) is 11.2 Å². The smallest absolute Gasteiger partial charge is 0.224 e. The maximum atomic E-state index is 11.9. The van der Waals surface area contributed by atoms with E-state index >= 15 is 0 Å². The number of ether oxygens (including phenoxy) is 2. The Morgan fingerprint density at radius 2 is 1.45 bits per heavy atom. The van der Waals surface area contributed by atoms with Gasteiger partial charge in [0.25, 0.3) is 0 Å². The summed E-state index contributed by atoms with van der Waals surface area (Å²) in [5, 5.41) is 2.88. The van der Waals surface area contributed by atoms with E-state index in [1.165, 1.54) is 5.56 Å². The van der Waals surface area contributed by atoms with Gasteiger partial charge in [-0.05, 0) is 54.8 Å². The fraction of sp³-hybridized carbons (Fsp3) is 0.278. The van der Waals surface area contributed by atoms with Crippen LogP contribution in [0.2, 0.25) is 0 Å². The van der Waals surface area contributed by atoms with E-state index in [-0.39, 0.29) is 5.91 Å². The third-order valence-corrected chi connectivity index (χ3v) is 3.40. The van der Waals surface area contributed by atoms with Crippen LogP contribution >= 0.6 is 0 Å². The second kappa shape index (κ2) is 8.08. The van der Waals surface area contributed by atoms with Gasteiger partial charge < -0.3 is 14.8 Å². The van der Waals surface area contributed by atoms with E-state index in [4.69, 9.17) is 9.47 Å². The summed E-state index contributed by atoms with van der Waals surface area (Å²) >= 11 is 0. The predicted octanol–water partition coefficient (Wildman–Crippen LogP) is 3.67. The van der Waals surface area contributed by atoms with E-state index in [9.17, 15) is 4.79 Å². The Bertz CT molecular complexity index is 591. The second-order valence-corrected chi connectivity index (χ2v) is 4.98. The molecule has 0 heterocycles. The van der Waals surface area contributed by atoms with E-state index < -0.39 is 0 Å². The summed E-state index contributed by atoms with van der Waals surface area (Å²) in [6.07, 6.45) is 2.19. The Balaban J connectivity index is 1.74. The van der Waals surface area contributed by atoms with Gasteiger partial charge >= 0.3 is 0 Å². The van der Waals surface area contributed by atoms with E-state index in [0.717, 1.165) is 30.0 Å². The van der Waals surface area contributed by atoms with Crippen molar-refractivity contribution < 1.29 is 14.3 Å². The number of amides is 1. The molecule has 0 saturated heterocycles. The van der Waals surface area contributed by atoms with Crippen molar-refractivity contribution in [2.75, 3.05) is 19.5 Å². The lowest BCUT2D eigenvalue weighted by Crippen LogP contribution is -2.11. The average Bonchev–Trinajstić information content (AvgIpc) is 2.56. The lowest BCUT2D eigenvalue weighted by Gasteiger charge is -2.07. The van der Waals surface area contributed by atoms with E-state index in [1.54, 1.807) is 14.2 Å². The molecule has 2 aromatic rings. The maximum Gasteiger partial charge on any atom is 0.224 e. The first kappa shape index (κ1) is 15.9. The van der Waals surface area contributed by atoms with Gasteiger partial charge in [0.15, 0.2) is 0 Å². The highest BCUT2D eigenvalue weighted by Crippen LogP contribution is 2.16. The number of carbonyl (C=O) groups is 1. The van der Waals surface area contributed by atoms with E-state index in [1.807, 2.05) is 48.5 Å². The van der Waals surface area contributed by atoms with E-state index in [2.05, 4.69) is 5.32 Å². The highest BCUT2D eigenvalue weighted by molar-refractivity contribution is 5.90. The highest BCUT2D eigenvalue weighted by atomic mass is 16.5. The van der Waals surface area contributed by atoms with Crippen molar-refractivity contribution in [1.29, 1.82) is 0 Å². The van der Waals surface area contributed by atoms with Crippen LogP contribution in [0.25, 0.3) is 0 Å². The second-order valence-electron chi connectivity index (χ2n) is 4.98. The number of methoxy groups -OCH3 is 2. The molecule has 0 fully saturated rings. The lowest BCUT2D eigenvalue weighted by atomic mass is 10.1. The molecule has 4 heteroatoms. The molecule has 0 aromatic heterocycles. The molecule has 0 aliphatic heterocycles. The summed E-state index contributed by atoms with van der Waals surface area (Å²) in [6.45, 7) is 0. The number of nitrogens with one attached hydrogen (secondary N) is 1. The minimum atomic E-state index is 0.0266. The molecule has 0 atom stereocenters. The van der Waals surface area contributed by atoms with Crippen molar-refractivity contribution in [1.82, 2.24) is 0 Å². The molecule has 4 nitrogen and oxygen atoms in total.